The van der Waals surface area contributed by atoms with Crippen LogP contribution in [0.4, 0.5) is 11.4 Å². The summed E-state index contributed by atoms with van der Waals surface area (Å²) in [6, 6.07) is 12.5. The summed E-state index contributed by atoms with van der Waals surface area (Å²) in [7, 11) is 0. The first-order chi connectivity index (χ1) is 10.5. The molecule has 2 rings (SSSR count). The molecule has 2 nitrogen and oxygen atoms in total. The van der Waals surface area contributed by atoms with Crippen molar-refractivity contribution in [3.05, 3.63) is 69.3 Å². The predicted octanol–water partition coefficient (Wildman–Crippen LogP) is 0.663. The molecule has 0 N–H and O–H groups in total. The zero-order valence-corrected chi connectivity index (χ0v) is 21.1. The van der Waals surface area contributed by atoms with Gasteiger partial charge in [0, 0.05) is 0 Å². The van der Waals surface area contributed by atoms with E-state index in [1.54, 1.807) is 0 Å². The van der Waals surface area contributed by atoms with Crippen molar-refractivity contribution in [2.45, 2.75) is 41.5 Å². The van der Waals surface area contributed by atoms with Crippen molar-refractivity contribution >= 4 is 11.4 Å². The van der Waals surface area contributed by atoms with E-state index in [0.717, 1.165) is 24.5 Å². The molecule has 0 amide bonds. The maximum Gasteiger partial charge on any atom is 4.00 e. The molecule has 0 bridgehead atoms. The first-order valence-corrected chi connectivity index (χ1v) is 7.98. The molecule has 0 fully saturated rings. The number of hydrogen-bond acceptors (Lipinski definition) is 0. The minimum atomic E-state index is 0. The molecule has 136 valence electrons. The van der Waals surface area contributed by atoms with Crippen LogP contribution in [0, 0.1) is 27.7 Å². The van der Waals surface area contributed by atoms with Gasteiger partial charge in [0.25, 0.3) is 0 Å². The second kappa shape index (κ2) is 15.7. The monoisotopic (exact) mass is 546 g/mol. The third-order valence-electron chi connectivity index (χ3n) is 3.81. The molecular weight excluding hydrogens is 518 g/mol. The van der Waals surface area contributed by atoms with Crippen LogP contribution in [0.2, 0.25) is 0 Å². The Balaban J connectivity index is -0.000000346. The van der Waals surface area contributed by atoms with Gasteiger partial charge in [-0.3, -0.25) is 0 Å². The fourth-order valence-corrected chi connectivity index (χ4v) is 2.15. The van der Waals surface area contributed by atoms with Gasteiger partial charge in [0.15, 0.2) is 0 Å². The molecule has 0 spiro atoms. The molecule has 0 saturated carbocycles. The Morgan fingerprint density at radius 1 is 0.640 bits per heavy atom. The minimum Gasteiger partial charge on any atom is -1.00 e. The largest absolute Gasteiger partial charge is 4.00 e. The second-order valence-corrected chi connectivity index (χ2v) is 5.39. The van der Waals surface area contributed by atoms with Crippen LogP contribution in [0.3, 0.4) is 0 Å². The summed E-state index contributed by atoms with van der Waals surface area (Å²) in [5.41, 5.74) is 7.50. The van der Waals surface area contributed by atoms with E-state index in [1.165, 1.54) is 22.3 Å². The standard InChI is InChI=1S/2C10H14N.2ClH.Hf/c2*1-4-11-10-7-5-6-8(2)9(10)3;;;/h2*5-7H,4H2,1-3H3;2*1H;/q2*-1;;;+4/p-2. The van der Waals surface area contributed by atoms with Gasteiger partial charge in [-0.05, 0) is 38.8 Å². The fourth-order valence-electron chi connectivity index (χ4n) is 2.15. The van der Waals surface area contributed by atoms with Gasteiger partial charge in [-0.2, -0.15) is 0 Å². The Hall–Kier alpha value is -0.510. The Bertz CT molecular complexity index is 551. The van der Waals surface area contributed by atoms with Crippen LogP contribution in [0.5, 0.6) is 0 Å². The van der Waals surface area contributed by atoms with Crippen molar-refractivity contribution in [2.75, 3.05) is 13.1 Å². The van der Waals surface area contributed by atoms with Crippen LogP contribution in [0.25, 0.3) is 10.6 Å². The average Bonchev–Trinajstić information content (AvgIpc) is 2.50. The van der Waals surface area contributed by atoms with Crippen molar-refractivity contribution in [3.8, 4) is 0 Å². The van der Waals surface area contributed by atoms with Gasteiger partial charge in [0.1, 0.15) is 0 Å². The Morgan fingerprint density at radius 3 is 1.24 bits per heavy atom. The maximum absolute atomic E-state index is 4.37. The van der Waals surface area contributed by atoms with Crippen molar-refractivity contribution in [1.29, 1.82) is 0 Å². The zero-order valence-electron chi connectivity index (χ0n) is 16.0. The van der Waals surface area contributed by atoms with Crippen molar-refractivity contribution < 1.29 is 50.7 Å². The second-order valence-electron chi connectivity index (χ2n) is 5.39. The summed E-state index contributed by atoms with van der Waals surface area (Å²) in [6.45, 7) is 14.3. The molecule has 2 aromatic rings. The van der Waals surface area contributed by atoms with Crippen LogP contribution in [-0.2, 0) is 25.8 Å². The van der Waals surface area contributed by atoms with Crippen LogP contribution >= 0.6 is 0 Å². The molecule has 0 aliphatic heterocycles. The number of halogens is 2. The molecule has 0 heterocycles. The van der Waals surface area contributed by atoms with Crippen LogP contribution < -0.4 is 24.8 Å². The van der Waals surface area contributed by atoms with Gasteiger partial charge in [-0.1, -0.05) is 61.4 Å². The minimum absolute atomic E-state index is 0. The van der Waals surface area contributed by atoms with Gasteiger partial charge in [-0.15, -0.1) is 24.5 Å². The third kappa shape index (κ3) is 9.67. The zero-order chi connectivity index (χ0) is 16.5. The smallest absolute Gasteiger partial charge is 1.00 e. The average molecular weight is 546 g/mol. The van der Waals surface area contributed by atoms with Gasteiger partial charge in [-0.25, -0.2) is 0 Å². The number of hydrogen-bond donors (Lipinski definition) is 0. The van der Waals surface area contributed by atoms with E-state index < -0.39 is 0 Å². The summed E-state index contributed by atoms with van der Waals surface area (Å²) >= 11 is 0. The van der Waals surface area contributed by atoms with Crippen molar-refractivity contribution in [1.82, 2.24) is 0 Å². The molecule has 0 saturated heterocycles. The number of benzene rings is 2. The normalized spacial score (nSPS) is 8.56. The topological polar surface area (TPSA) is 28.2 Å². The van der Waals surface area contributed by atoms with Gasteiger partial charge >= 0.3 is 25.8 Å². The van der Waals surface area contributed by atoms with E-state index in [2.05, 4.69) is 88.6 Å². The summed E-state index contributed by atoms with van der Waals surface area (Å²) in [5, 5.41) is 8.73. The first-order valence-electron chi connectivity index (χ1n) is 7.98. The Labute approximate surface area is 185 Å². The van der Waals surface area contributed by atoms with E-state index in [1.807, 2.05) is 0 Å². The van der Waals surface area contributed by atoms with Crippen molar-refractivity contribution in [2.24, 2.45) is 0 Å². The van der Waals surface area contributed by atoms with Crippen LogP contribution in [-0.4, -0.2) is 13.1 Å². The van der Waals surface area contributed by atoms with Crippen LogP contribution in [0.1, 0.15) is 36.1 Å². The first kappa shape index (κ1) is 29.3. The summed E-state index contributed by atoms with van der Waals surface area (Å²) < 4.78 is 0. The van der Waals surface area contributed by atoms with E-state index in [0.29, 0.717) is 0 Å². The number of aryl methyl sites for hydroxylation is 2. The molecule has 25 heavy (non-hydrogen) atoms. The maximum atomic E-state index is 4.37. The molecule has 0 aliphatic rings. The Morgan fingerprint density at radius 2 is 0.960 bits per heavy atom. The molecule has 0 atom stereocenters. The van der Waals surface area contributed by atoms with Crippen LogP contribution in [0.15, 0.2) is 36.4 Å². The van der Waals surface area contributed by atoms with Crippen molar-refractivity contribution in [3.63, 3.8) is 0 Å². The van der Waals surface area contributed by atoms with E-state index in [9.17, 15) is 0 Å². The predicted molar refractivity (Wildman–Crippen MR) is 99.0 cm³/mol. The quantitative estimate of drug-likeness (QED) is 0.506. The summed E-state index contributed by atoms with van der Waals surface area (Å²) in [4.78, 5) is 0. The fraction of sp³-hybridized carbons (Fsp3) is 0.400. The number of nitrogens with zero attached hydrogens (tertiary/aromatic N) is 2. The van der Waals surface area contributed by atoms with E-state index >= 15 is 0 Å². The van der Waals surface area contributed by atoms with Gasteiger partial charge in [0.2, 0.25) is 0 Å². The molecular formula is C20H28Cl2HfN2. The summed E-state index contributed by atoms with van der Waals surface area (Å²) in [6.07, 6.45) is 0. The Kier molecular flexibility index (Phi) is 18.4. The molecule has 0 aliphatic carbocycles. The summed E-state index contributed by atoms with van der Waals surface area (Å²) in [5.74, 6) is 0. The molecule has 2 aromatic carbocycles. The van der Waals surface area contributed by atoms with Gasteiger partial charge in [0.05, 0.1) is 0 Å². The molecule has 0 unspecified atom stereocenters. The van der Waals surface area contributed by atoms with E-state index in [4.69, 9.17) is 0 Å². The third-order valence-corrected chi connectivity index (χ3v) is 3.81. The molecule has 0 aromatic heterocycles. The molecule has 0 radical (unpaired) electrons. The molecule has 5 heteroatoms. The van der Waals surface area contributed by atoms with Gasteiger partial charge < -0.3 is 35.4 Å². The van der Waals surface area contributed by atoms with E-state index in [-0.39, 0.29) is 50.7 Å². The number of rotatable bonds is 4. The SMILES string of the molecule is CC[N-]c1cccc(C)c1C.CC[N-]c1cccc(C)c1C.[Cl-].[Cl-].[Hf+4].